The van der Waals surface area contributed by atoms with E-state index in [1.54, 1.807) is 0 Å². The fourth-order valence-corrected chi connectivity index (χ4v) is 3.74. The molecule has 1 aliphatic rings. The minimum Gasteiger partial charge on any atom is -0.293 e. The van der Waals surface area contributed by atoms with Crippen molar-refractivity contribution in [1.29, 1.82) is 0 Å². The molecule has 0 saturated carbocycles. The Balaban J connectivity index is 1.67. The van der Waals surface area contributed by atoms with Gasteiger partial charge in [-0.25, -0.2) is 0 Å². The van der Waals surface area contributed by atoms with Crippen molar-refractivity contribution in [2.75, 3.05) is 6.54 Å². The van der Waals surface area contributed by atoms with Crippen molar-refractivity contribution in [2.45, 2.75) is 19.5 Å². The molecule has 0 atom stereocenters. The van der Waals surface area contributed by atoms with E-state index in [4.69, 9.17) is 28.2 Å². The fraction of sp³-hybridized carbons (Fsp3) is 0.211. The second-order valence-electron chi connectivity index (χ2n) is 5.96. The highest BCUT2D eigenvalue weighted by Gasteiger charge is 2.21. The number of nitrogens with zero attached hydrogens (tertiary/aromatic N) is 2. The molecular formula is C19H16Cl2N2. The van der Waals surface area contributed by atoms with Gasteiger partial charge in [-0.1, -0.05) is 53.5 Å². The van der Waals surface area contributed by atoms with Gasteiger partial charge < -0.3 is 0 Å². The second-order valence-corrected chi connectivity index (χ2v) is 6.77. The minimum atomic E-state index is 0.693. The van der Waals surface area contributed by atoms with Gasteiger partial charge in [0.2, 0.25) is 0 Å². The molecule has 4 heteroatoms. The summed E-state index contributed by atoms with van der Waals surface area (Å²) in [5, 5.41) is 2.52. The van der Waals surface area contributed by atoms with Gasteiger partial charge in [0.25, 0.3) is 0 Å². The third-order valence-electron chi connectivity index (χ3n) is 4.37. The molecule has 0 fully saturated rings. The average molecular weight is 343 g/mol. The van der Waals surface area contributed by atoms with Crippen molar-refractivity contribution in [3.05, 3.63) is 75.4 Å². The number of rotatable bonds is 2. The van der Waals surface area contributed by atoms with E-state index in [0.29, 0.717) is 5.02 Å². The Morgan fingerprint density at radius 2 is 1.87 bits per heavy atom. The van der Waals surface area contributed by atoms with Crippen LogP contribution in [-0.2, 0) is 19.5 Å². The van der Waals surface area contributed by atoms with Crippen LogP contribution in [0.15, 0.2) is 48.5 Å². The van der Waals surface area contributed by atoms with Gasteiger partial charge in [0, 0.05) is 30.0 Å². The lowest BCUT2D eigenvalue weighted by atomic mass is 10.0. The normalized spacial score (nSPS) is 14.9. The minimum absolute atomic E-state index is 0.693. The van der Waals surface area contributed by atoms with Crippen LogP contribution in [0.3, 0.4) is 0 Å². The highest BCUT2D eigenvalue weighted by molar-refractivity contribution is 6.37. The van der Waals surface area contributed by atoms with Gasteiger partial charge in [-0.2, -0.15) is 0 Å². The molecule has 116 valence electrons. The summed E-state index contributed by atoms with van der Waals surface area (Å²) in [6.07, 6.45) is 0.937. The molecule has 1 aromatic heterocycles. The van der Waals surface area contributed by atoms with Crippen molar-refractivity contribution in [1.82, 2.24) is 9.88 Å². The molecule has 0 bridgehead atoms. The van der Waals surface area contributed by atoms with Crippen LogP contribution in [0.5, 0.6) is 0 Å². The largest absolute Gasteiger partial charge is 0.293 e. The quantitative estimate of drug-likeness (QED) is 0.644. The monoisotopic (exact) mass is 342 g/mol. The third kappa shape index (κ3) is 2.94. The summed E-state index contributed by atoms with van der Waals surface area (Å²) < 4.78 is 0. The summed E-state index contributed by atoms with van der Waals surface area (Å²) in [5.74, 6) is 0. The zero-order valence-corrected chi connectivity index (χ0v) is 14.1. The van der Waals surface area contributed by atoms with E-state index >= 15 is 0 Å². The maximum Gasteiger partial charge on any atom is 0.0735 e. The Morgan fingerprint density at radius 3 is 2.70 bits per heavy atom. The van der Waals surface area contributed by atoms with Crippen LogP contribution < -0.4 is 0 Å². The number of benzene rings is 2. The highest BCUT2D eigenvalue weighted by Crippen LogP contribution is 2.33. The number of hydrogen-bond acceptors (Lipinski definition) is 2. The maximum absolute atomic E-state index is 6.62. The zero-order chi connectivity index (χ0) is 15.8. The van der Waals surface area contributed by atoms with E-state index in [-0.39, 0.29) is 0 Å². The van der Waals surface area contributed by atoms with Crippen LogP contribution in [0.25, 0.3) is 10.9 Å². The number of pyridine rings is 1. The Bertz CT molecular complexity index is 862. The lowest BCUT2D eigenvalue weighted by Gasteiger charge is -2.29. The van der Waals surface area contributed by atoms with Gasteiger partial charge >= 0.3 is 0 Å². The topological polar surface area (TPSA) is 16.1 Å². The number of halogens is 2. The molecule has 1 aliphatic heterocycles. The van der Waals surface area contributed by atoms with Gasteiger partial charge in [0.05, 0.1) is 16.2 Å². The molecule has 0 radical (unpaired) electrons. The SMILES string of the molecule is Clc1ccc2c(Cl)c3c(nc2c1)CN(Cc1ccccc1)CC3. The number of fused-ring (bicyclic) bond motifs is 2. The van der Waals surface area contributed by atoms with Crippen LogP contribution in [0.2, 0.25) is 10.0 Å². The molecule has 2 aromatic carbocycles. The Hall–Kier alpha value is -1.61. The third-order valence-corrected chi connectivity index (χ3v) is 5.03. The van der Waals surface area contributed by atoms with Crippen LogP contribution in [0.1, 0.15) is 16.8 Å². The van der Waals surface area contributed by atoms with E-state index in [9.17, 15) is 0 Å². The Labute approximate surface area is 145 Å². The molecule has 0 saturated heterocycles. The van der Waals surface area contributed by atoms with Gasteiger partial charge in [-0.15, -0.1) is 0 Å². The summed E-state index contributed by atoms with van der Waals surface area (Å²) in [6, 6.07) is 16.3. The van der Waals surface area contributed by atoms with Crippen LogP contribution >= 0.6 is 23.2 Å². The van der Waals surface area contributed by atoms with E-state index in [0.717, 1.165) is 47.7 Å². The molecule has 0 spiro atoms. The summed E-state index contributed by atoms with van der Waals surface area (Å²) in [5.41, 5.74) is 4.46. The summed E-state index contributed by atoms with van der Waals surface area (Å²) in [7, 11) is 0. The standard InChI is InChI=1S/C19H16Cl2N2/c20-14-6-7-15-17(10-14)22-18-12-23(9-8-16(18)19(15)21)11-13-4-2-1-3-5-13/h1-7,10H,8-9,11-12H2. The first-order chi connectivity index (χ1) is 11.2. The van der Waals surface area contributed by atoms with E-state index in [1.165, 1.54) is 11.1 Å². The van der Waals surface area contributed by atoms with Gasteiger partial charge in [-0.05, 0) is 35.7 Å². The highest BCUT2D eigenvalue weighted by atomic mass is 35.5. The first-order valence-corrected chi connectivity index (χ1v) is 8.49. The Kier molecular flexibility index (Phi) is 3.98. The lowest BCUT2D eigenvalue weighted by Crippen LogP contribution is -2.31. The van der Waals surface area contributed by atoms with Gasteiger partial charge in [0.15, 0.2) is 0 Å². The number of hydrogen-bond donors (Lipinski definition) is 0. The van der Waals surface area contributed by atoms with E-state index in [1.807, 2.05) is 24.3 Å². The molecule has 23 heavy (non-hydrogen) atoms. The molecule has 2 heterocycles. The fourth-order valence-electron chi connectivity index (χ4n) is 3.21. The zero-order valence-electron chi connectivity index (χ0n) is 12.6. The molecule has 0 aliphatic carbocycles. The molecule has 0 amide bonds. The number of aromatic nitrogens is 1. The first-order valence-electron chi connectivity index (χ1n) is 7.73. The van der Waals surface area contributed by atoms with Crippen LogP contribution in [0, 0.1) is 0 Å². The summed E-state index contributed by atoms with van der Waals surface area (Å²) in [4.78, 5) is 7.23. The molecule has 0 unspecified atom stereocenters. The first kappa shape index (κ1) is 14.9. The van der Waals surface area contributed by atoms with Crippen molar-refractivity contribution in [2.24, 2.45) is 0 Å². The lowest BCUT2D eigenvalue weighted by molar-refractivity contribution is 0.242. The van der Waals surface area contributed by atoms with Crippen molar-refractivity contribution in [3.63, 3.8) is 0 Å². The smallest absolute Gasteiger partial charge is 0.0735 e. The van der Waals surface area contributed by atoms with Crippen molar-refractivity contribution >= 4 is 34.1 Å². The van der Waals surface area contributed by atoms with Crippen LogP contribution in [0.4, 0.5) is 0 Å². The van der Waals surface area contributed by atoms with Crippen molar-refractivity contribution in [3.8, 4) is 0 Å². The molecule has 2 nitrogen and oxygen atoms in total. The average Bonchev–Trinajstić information content (AvgIpc) is 2.55. The van der Waals surface area contributed by atoms with Crippen LogP contribution in [-0.4, -0.2) is 16.4 Å². The Morgan fingerprint density at radius 1 is 1.04 bits per heavy atom. The molecule has 0 N–H and O–H groups in total. The second kappa shape index (κ2) is 6.12. The summed E-state index contributed by atoms with van der Waals surface area (Å²) >= 11 is 12.7. The predicted octanol–water partition coefficient (Wildman–Crippen LogP) is 5.10. The van der Waals surface area contributed by atoms with E-state index < -0.39 is 0 Å². The van der Waals surface area contributed by atoms with Crippen molar-refractivity contribution < 1.29 is 0 Å². The predicted molar refractivity (Wildman–Crippen MR) is 96.0 cm³/mol. The molecular weight excluding hydrogens is 327 g/mol. The van der Waals surface area contributed by atoms with E-state index in [2.05, 4.69) is 29.2 Å². The molecule has 3 aromatic rings. The van der Waals surface area contributed by atoms with Gasteiger partial charge in [-0.3, -0.25) is 9.88 Å². The summed E-state index contributed by atoms with van der Waals surface area (Å²) in [6.45, 7) is 2.77. The molecule has 4 rings (SSSR count). The van der Waals surface area contributed by atoms with Gasteiger partial charge in [0.1, 0.15) is 0 Å². The maximum atomic E-state index is 6.62.